The Morgan fingerprint density at radius 2 is 1.83 bits per heavy atom. The lowest BCUT2D eigenvalue weighted by Crippen LogP contribution is -2.54. The van der Waals surface area contributed by atoms with E-state index in [0.29, 0.717) is 24.3 Å². The maximum absolute atomic E-state index is 13.9. The molecule has 1 aliphatic rings. The number of carbonyl (C=O) groups excluding carboxylic acids is 1. The molecule has 0 bridgehead atoms. The van der Waals surface area contributed by atoms with Crippen molar-refractivity contribution in [1.29, 1.82) is 5.26 Å². The minimum Gasteiger partial charge on any atom is -0.325 e. The first-order valence-corrected chi connectivity index (χ1v) is 10.6. The van der Waals surface area contributed by atoms with E-state index in [1.165, 1.54) is 22.5 Å². The van der Waals surface area contributed by atoms with Crippen molar-refractivity contribution in [2.45, 2.75) is 17.9 Å². The fourth-order valence-corrected chi connectivity index (χ4v) is 4.69. The first-order chi connectivity index (χ1) is 13.8. The summed E-state index contributed by atoms with van der Waals surface area (Å²) in [5.74, 6) is -1.02. The van der Waals surface area contributed by atoms with E-state index >= 15 is 0 Å². The zero-order valence-electron chi connectivity index (χ0n) is 15.9. The second-order valence-electron chi connectivity index (χ2n) is 6.73. The number of halogens is 1. The van der Waals surface area contributed by atoms with Crippen molar-refractivity contribution in [2.75, 3.05) is 31.5 Å². The van der Waals surface area contributed by atoms with Crippen molar-refractivity contribution >= 4 is 21.6 Å². The topological polar surface area (TPSA) is 93.5 Å². The van der Waals surface area contributed by atoms with Crippen molar-refractivity contribution < 1.29 is 17.6 Å². The van der Waals surface area contributed by atoms with Crippen molar-refractivity contribution in [3.05, 3.63) is 59.9 Å². The molecule has 1 heterocycles. The Morgan fingerprint density at radius 1 is 1.14 bits per heavy atom. The summed E-state index contributed by atoms with van der Waals surface area (Å²) in [6.07, 6.45) is 0. The highest BCUT2D eigenvalue weighted by Crippen LogP contribution is 2.21. The van der Waals surface area contributed by atoms with Crippen molar-refractivity contribution in [3.63, 3.8) is 0 Å². The Morgan fingerprint density at radius 3 is 2.48 bits per heavy atom. The fourth-order valence-electron chi connectivity index (χ4n) is 3.20. The molecular formula is C20H21FN4O3S. The average Bonchev–Trinajstić information content (AvgIpc) is 2.73. The second kappa shape index (κ2) is 8.69. The molecule has 1 fully saturated rings. The lowest BCUT2D eigenvalue weighted by molar-refractivity contribution is -0.121. The van der Waals surface area contributed by atoms with Crippen LogP contribution in [0.15, 0.2) is 53.4 Å². The van der Waals surface area contributed by atoms with E-state index in [0.717, 1.165) is 6.07 Å². The van der Waals surface area contributed by atoms with Gasteiger partial charge < -0.3 is 5.32 Å². The molecule has 0 spiro atoms. The van der Waals surface area contributed by atoms with Crippen LogP contribution in [0.25, 0.3) is 0 Å². The van der Waals surface area contributed by atoms with Crippen LogP contribution in [0.1, 0.15) is 12.5 Å². The van der Waals surface area contributed by atoms with E-state index in [1.54, 1.807) is 31.2 Å². The number of hydrogen-bond acceptors (Lipinski definition) is 5. The third-order valence-corrected chi connectivity index (χ3v) is 6.85. The molecule has 29 heavy (non-hydrogen) atoms. The van der Waals surface area contributed by atoms with Crippen LogP contribution in [0, 0.1) is 17.1 Å². The highest BCUT2D eigenvalue weighted by molar-refractivity contribution is 7.89. The average molecular weight is 416 g/mol. The Kier molecular flexibility index (Phi) is 6.27. The summed E-state index contributed by atoms with van der Waals surface area (Å²) in [5, 5.41) is 11.7. The van der Waals surface area contributed by atoms with Gasteiger partial charge in [0.05, 0.1) is 17.7 Å². The first-order valence-electron chi connectivity index (χ1n) is 9.12. The van der Waals surface area contributed by atoms with Crippen LogP contribution in [0.4, 0.5) is 10.1 Å². The maximum atomic E-state index is 13.9. The number of hydrogen-bond donors (Lipinski definition) is 1. The summed E-state index contributed by atoms with van der Waals surface area (Å²) < 4.78 is 40.5. The number of benzene rings is 2. The van der Waals surface area contributed by atoms with Crippen LogP contribution in [0.3, 0.4) is 0 Å². The van der Waals surface area contributed by atoms with E-state index < -0.39 is 21.9 Å². The number of piperazine rings is 1. The molecule has 1 atom stereocenters. The summed E-state index contributed by atoms with van der Waals surface area (Å²) >= 11 is 0. The quantitative estimate of drug-likeness (QED) is 0.805. The Labute approximate surface area is 169 Å². The van der Waals surface area contributed by atoms with Gasteiger partial charge in [-0.2, -0.15) is 9.57 Å². The lowest BCUT2D eigenvalue weighted by Gasteiger charge is -2.36. The smallest absolute Gasteiger partial charge is 0.246 e. The van der Waals surface area contributed by atoms with Gasteiger partial charge in [-0.15, -0.1) is 0 Å². The van der Waals surface area contributed by atoms with Gasteiger partial charge in [0.1, 0.15) is 10.7 Å². The Hall–Kier alpha value is -2.80. The highest BCUT2D eigenvalue weighted by Gasteiger charge is 2.33. The second-order valence-corrected chi connectivity index (χ2v) is 8.63. The minimum atomic E-state index is -3.92. The standard InChI is InChI=1S/C20H21FN4O3S/c1-15(20(26)23-17-6-4-5-16(13-17)14-22)24-9-11-25(12-10-24)29(27,28)19-8-3-2-7-18(19)21/h2-8,13,15H,9-12H2,1H3,(H,23,26). The molecule has 1 saturated heterocycles. The molecule has 2 aromatic carbocycles. The number of sulfonamides is 1. The molecule has 2 aromatic rings. The summed E-state index contributed by atoms with van der Waals surface area (Å²) in [7, 11) is -3.92. The van der Waals surface area contributed by atoms with Gasteiger partial charge in [0.15, 0.2) is 0 Å². The van der Waals surface area contributed by atoms with Gasteiger partial charge in [-0.1, -0.05) is 18.2 Å². The molecule has 1 unspecified atom stereocenters. The third kappa shape index (κ3) is 4.62. The van der Waals surface area contributed by atoms with Gasteiger partial charge in [-0.3, -0.25) is 9.69 Å². The molecule has 0 aromatic heterocycles. The molecule has 0 aliphatic carbocycles. The number of amides is 1. The monoisotopic (exact) mass is 416 g/mol. The van der Waals surface area contributed by atoms with E-state index in [1.807, 2.05) is 11.0 Å². The molecule has 1 aliphatic heterocycles. The number of nitriles is 1. The van der Waals surface area contributed by atoms with Crippen LogP contribution >= 0.6 is 0 Å². The van der Waals surface area contributed by atoms with Gasteiger partial charge in [0, 0.05) is 31.9 Å². The van der Waals surface area contributed by atoms with Crippen molar-refractivity contribution in [3.8, 4) is 6.07 Å². The van der Waals surface area contributed by atoms with E-state index in [9.17, 15) is 17.6 Å². The zero-order chi connectivity index (χ0) is 21.0. The van der Waals surface area contributed by atoms with E-state index in [-0.39, 0.29) is 23.9 Å². The van der Waals surface area contributed by atoms with Crippen LogP contribution < -0.4 is 5.32 Å². The number of carbonyl (C=O) groups is 1. The van der Waals surface area contributed by atoms with Gasteiger partial charge in [-0.05, 0) is 37.3 Å². The number of nitrogens with one attached hydrogen (secondary N) is 1. The minimum absolute atomic E-state index is 0.165. The lowest BCUT2D eigenvalue weighted by atomic mass is 10.2. The molecule has 1 amide bonds. The van der Waals surface area contributed by atoms with Gasteiger partial charge >= 0.3 is 0 Å². The summed E-state index contributed by atoms with van der Waals surface area (Å²) in [4.78, 5) is 14.1. The number of anilines is 1. The van der Waals surface area contributed by atoms with Crippen LogP contribution in [-0.2, 0) is 14.8 Å². The van der Waals surface area contributed by atoms with Gasteiger partial charge in [0.25, 0.3) is 0 Å². The molecule has 0 radical (unpaired) electrons. The summed E-state index contributed by atoms with van der Waals surface area (Å²) in [6.45, 7) is 2.77. The number of rotatable bonds is 5. The highest BCUT2D eigenvalue weighted by atomic mass is 32.2. The molecule has 9 heteroatoms. The van der Waals surface area contributed by atoms with Crippen LogP contribution in [0.2, 0.25) is 0 Å². The Bertz CT molecular complexity index is 1040. The first kappa shape index (κ1) is 20.9. The van der Waals surface area contributed by atoms with Crippen molar-refractivity contribution in [1.82, 2.24) is 9.21 Å². The van der Waals surface area contributed by atoms with Crippen LogP contribution in [0.5, 0.6) is 0 Å². The normalized spacial score (nSPS) is 16.7. The SMILES string of the molecule is CC(C(=O)Nc1cccc(C#N)c1)N1CCN(S(=O)(=O)c2ccccc2F)CC1. The van der Waals surface area contributed by atoms with Crippen LogP contribution in [-0.4, -0.2) is 55.8 Å². The largest absolute Gasteiger partial charge is 0.325 e. The van der Waals surface area contributed by atoms with Gasteiger partial charge in [-0.25, -0.2) is 12.8 Å². The Balaban J connectivity index is 1.62. The molecule has 7 nitrogen and oxygen atoms in total. The number of nitrogens with zero attached hydrogens (tertiary/aromatic N) is 3. The predicted molar refractivity (Wildman–Crippen MR) is 106 cm³/mol. The summed E-state index contributed by atoms with van der Waals surface area (Å²) in [5.41, 5.74) is 0.976. The van der Waals surface area contributed by atoms with Crippen molar-refractivity contribution in [2.24, 2.45) is 0 Å². The predicted octanol–water partition coefficient (Wildman–Crippen LogP) is 2.03. The molecule has 152 valence electrons. The molecular weight excluding hydrogens is 395 g/mol. The maximum Gasteiger partial charge on any atom is 0.246 e. The van der Waals surface area contributed by atoms with E-state index in [2.05, 4.69) is 5.32 Å². The summed E-state index contributed by atoms with van der Waals surface area (Å²) in [6, 6.07) is 13.5. The molecule has 0 saturated carbocycles. The molecule has 1 N–H and O–H groups in total. The third-order valence-electron chi connectivity index (χ3n) is 4.91. The van der Waals surface area contributed by atoms with E-state index in [4.69, 9.17) is 5.26 Å². The molecule has 3 rings (SSSR count). The fraction of sp³-hybridized carbons (Fsp3) is 0.300. The van der Waals surface area contributed by atoms with Gasteiger partial charge in [0.2, 0.25) is 15.9 Å². The zero-order valence-corrected chi connectivity index (χ0v) is 16.7.